The fraction of sp³-hybridized carbons (Fsp3) is 0.316. The van der Waals surface area contributed by atoms with Crippen LogP contribution in [0, 0.1) is 5.82 Å². The highest BCUT2D eigenvalue weighted by Gasteiger charge is 2.43. The summed E-state index contributed by atoms with van der Waals surface area (Å²) in [4.78, 5) is 11.7. The van der Waals surface area contributed by atoms with Crippen LogP contribution >= 0.6 is 0 Å². The number of carbonyl (C=O) groups is 1. The maximum absolute atomic E-state index is 13.5. The second kappa shape index (κ2) is 8.35. The van der Waals surface area contributed by atoms with E-state index in [9.17, 15) is 43.9 Å². The largest absolute Gasteiger partial charge is 0.471 e. The van der Waals surface area contributed by atoms with Crippen molar-refractivity contribution in [3.05, 3.63) is 64.5 Å². The maximum Gasteiger partial charge on any atom is 0.471 e. The lowest BCUT2D eigenvalue weighted by atomic mass is 10.00. The fourth-order valence-electron chi connectivity index (χ4n) is 3.23. The summed E-state index contributed by atoms with van der Waals surface area (Å²) in [6.45, 7) is -1.29. The Labute approximate surface area is 177 Å². The van der Waals surface area contributed by atoms with Crippen molar-refractivity contribution in [2.75, 3.05) is 6.54 Å². The van der Waals surface area contributed by atoms with E-state index in [1.807, 2.05) is 4.72 Å². The van der Waals surface area contributed by atoms with Crippen molar-refractivity contribution in [3.8, 4) is 0 Å². The van der Waals surface area contributed by atoms with E-state index in [0.29, 0.717) is 16.5 Å². The van der Waals surface area contributed by atoms with E-state index in [1.165, 1.54) is 12.1 Å². The minimum atomic E-state index is -5.07. The zero-order chi connectivity index (χ0) is 23.9. The molecule has 0 spiro atoms. The molecule has 1 aliphatic rings. The Morgan fingerprint density at radius 2 is 1.69 bits per heavy atom. The summed E-state index contributed by atoms with van der Waals surface area (Å²) in [7, 11) is -4.30. The van der Waals surface area contributed by atoms with Crippen molar-refractivity contribution in [3.63, 3.8) is 0 Å². The zero-order valence-electron chi connectivity index (χ0n) is 16.0. The van der Waals surface area contributed by atoms with Crippen LogP contribution in [0.3, 0.4) is 0 Å². The lowest BCUT2D eigenvalue weighted by molar-refractivity contribution is -0.186. The number of sulfonamides is 1. The zero-order valence-corrected chi connectivity index (χ0v) is 16.8. The molecule has 1 aliphatic heterocycles. The summed E-state index contributed by atoms with van der Waals surface area (Å²) in [5, 5.41) is 0. The molecule has 0 saturated carbocycles. The first kappa shape index (κ1) is 24.0. The topological polar surface area (TPSA) is 66.5 Å². The number of alkyl halides is 6. The molecule has 0 unspecified atom stereocenters. The Kier molecular flexibility index (Phi) is 6.26. The molecule has 2 aromatic carbocycles. The average Bonchev–Trinajstić information content (AvgIpc) is 2.69. The predicted molar refractivity (Wildman–Crippen MR) is 97.0 cm³/mol. The number of nitrogens with zero attached hydrogens (tertiary/aromatic N) is 1. The van der Waals surface area contributed by atoms with Crippen LogP contribution in [0.25, 0.3) is 0 Å². The monoisotopic (exact) mass is 484 g/mol. The molecule has 0 saturated heterocycles. The van der Waals surface area contributed by atoms with Gasteiger partial charge in [0, 0.05) is 19.6 Å². The number of rotatable bonds is 4. The van der Waals surface area contributed by atoms with E-state index in [0.717, 1.165) is 12.1 Å². The van der Waals surface area contributed by atoms with Crippen LogP contribution in [-0.4, -0.2) is 31.9 Å². The minimum Gasteiger partial charge on any atom is -0.330 e. The van der Waals surface area contributed by atoms with Gasteiger partial charge in [-0.3, -0.25) is 4.79 Å². The van der Waals surface area contributed by atoms with Crippen LogP contribution in [0.4, 0.5) is 30.7 Å². The van der Waals surface area contributed by atoms with Gasteiger partial charge in [-0.05, 0) is 53.4 Å². The molecule has 0 atom stereocenters. The number of hydrogen-bond acceptors (Lipinski definition) is 3. The van der Waals surface area contributed by atoms with Gasteiger partial charge in [0.15, 0.2) is 0 Å². The molecule has 3 rings (SSSR count). The molecule has 0 aromatic heterocycles. The van der Waals surface area contributed by atoms with Crippen molar-refractivity contribution in [2.24, 2.45) is 0 Å². The number of carbonyl (C=O) groups excluding carboxylic acids is 1. The molecule has 2 aromatic rings. The van der Waals surface area contributed by atoms with Gasteiger partial charge in [-0.15, -0.1) is 0 Å². The molecule has 0 bridgehead atoms. The van der Waals surface area contributed by atoms with Crippen LogP contribution in [-0.2, 0) is 40.5 Å². The van der Waals surface area contributed by atoms with Crippen LogP contribution in [0.1, 0.15) is 22.3 Å². The summed E-state index contributed by atoms with van der Waals surface area (Å²) in [5.74, 6) is -3.24. The second-order valence-corrected chi connectivity index (χ2v) is 8.84. The van der Waals surface area contributed by atoms with E-state index in [-0.39, 0.29) is 35.1 Å². The Morgan fingerprint density at radius 1 is 1.00 bits per heavy atom. The smallest absolute Gasteiger partial charge is 0.330 e. The van der Waals surface area contributed by atoms with Crippen LogP contribution < -0.4 is 4.72 Å². The van der Waals surface area contributed by atoms with E-state index in [4.69, 9.17) is 0 Å². The van der Waals surface area contributed by atoms with Gasteiger partial charge >= 0.3 is 18.3 Å². The SMILES string of the molecule is O=C(N1CCc2ccc(S(=O)(=O)NCc3cc(F)cc(C(F)(F)F)c3)cc2C1)C(F)(F)F. The number of nitrogens with one attached hydrogen (secondary N) is 1. The Hall–Kier alpha value is -2.67. The molecule has 174 valence electrons. The maximum atomic E-state index is 13.5. The summed E-state index contributed by atoms with van der Waals surface area (Å²) in [5.41, 5.74) is -0.798. The normalized spacial score (nSPS) is 14.9. The van der Waals surface area contributed by atoms with Gasteiger partial charge < -0.3 is 4.90 Å². The molecular formula is C19H15F7N2O3S. The van der Waals surface area contributed by atoms with Gasteiger partial charge in [0.2, 0.25) is 10.0 Å². The highest BCUT2D eigenvalue weighted by molar-refractivity contribution is 7.89. The van der Waals surface area contributed by atoms with Gasteiger partial charge in [0.25, 0.3) is 0 Å². The van der Waals surface area contributed by atoms with E-state index in [1.54, 1.807) is 0 Å². The molecule has 1 heterocycles. The van der Waals surface area contributed by atoms with Gasteiger partial charge in [-0.25, -0.2) is 17.5 Å². The number of amides is 1. The van der Waals surface area contributed by atoms with Crippen molar-refractivity contribution >= 4 is 15.9 Å². The predicted octanol–water partition coefficient (Wildman–Crippen LogP) is 3.77. The molecule has 5 nitrogen and oxygen atoms in total. The highest BCUT2D eigenvalue weighted by atomic mass is 32.2. The molecule has 1 amide bonds. The molecule has 0 radical (unpaired) electrons. The van der Waals surface area contributed by atoms with E-state index < -0.39 is 52.8 Å². The van der Waals surface area contributed by atoms with Gasteiger partial charge in [0.05, 0.1) is 10.5 Å². The lowest BCUT2D eigenvalue weighted by Crippen LogP contribution is -2.43. The van der Waals surface area contributed by atoms with Crippen LogP contribution in [0.15, 0.2) is 41.3 Å². The van der Waals surface area contributed by atoms with Crippen LogP contribution in [0.2, 0.25) is 0 Å². The van der Waals surface area contributed by atoms with E-state index >= 15 is 0 Å². The van der Waals surface area contributed by atoms with Crippen LogP contribution in [0.5, 0.6) is 0 Å². The quantitative estimate of drug-likeness (QED) is 0.673. The summed E-state index contributed by atoms with van der Waals surface area (Å²) in [6.07, 6.45) is -9.80. The van der Waals surface area contributed by atoms with Crippen molar-refractivity contribution < 1.29 is 43.9 Å². The number of fused-ring (bicyclic) bond motifs is 1. The molecule has 32 heavy (non-hydrogen) atoms. The Morgan fingerprint density at radius 3 is 2.31 bits per heavy atom. The lowest BCUT2D eigenvalue weighted by Gasteiger charge is -2.29. The minimum absolute atomic E-state index is 0.0917. The van der Waals surface area contributed by atoms with E-state index in [2.05, 4.69) is 0 Å². The molecule has 0 aliphatic carbocycles. The average molecular weight is 484 g/mol. The van der Waals surface area contributed by atoms with Crippen molar-refractivity contribution in [1.82, 2.24) is 9.62 Å². The second-order valence-electron chi connectivity index (χ2n) is 7.08. The van der Waals surface area contributed by atoms with Gasteiger partial charge in [-0.1, -0.05) is 6.07 Å². The third-order valence-corrected chi connectivity index (χ3v) is 6.18. The number of halogens is 7. The molecule has 13 heteroatoms. The highest BCUT2D eigenvalue weighted by Crippen LogP contribution is 2.31. The molecule has 0 fully saturated rings. The molecule has 1 N–H and O–H groups in total. The first-order valence-corrected chi connectivity index (χ1v) is 10.5. The standard InChI is InChI=1S/C19H15F7N2O3S/c20-15-6-11(5-14(8-15)18(21,22)23)9-27-32(30,31)16-2-1-12-3-4-28(10-13(12)7-16)17(29)19(24,25)26/h1-2,5-8,27H,3-4,9-10H2. The summed E-state index contributed by atoms with van der Waals surface area (Å²) >= 11 is 0. The fourth-order valence-corrected chi connectivity index (χ4v) is 4.30. The van der Waals surface area contributed by atoms with Gasteiger partial charge in [-0.2, -0.15) is 26.3 Å². The number of hydrogen-bond donors (Lipinski definition) is 1. The first-order valence-electron chi connectivity index (χ1n) is 9.01. The summed E-state index contributed by atoms with van der Waals surface area (Å²) in [6, 6.07) is 5.29. The van der Waals surface area contributed by atoms with Gasteiger partial charge in [0.1, 0.15) is 5.82 Å². The third-order valence-electron chi connectivity index (χ3n) is 4.78. The van der Waals surface area contributed by atoms with Crippen molar-refractivity contribution in [2.45, 2.75) is 36.8 Å². The molecular weight excluding hydrogens is 469 g/mol. The summed E-state index contributed by atoms with van der Waals surface area (Å²) < 4.78 is 117. The first-order chi connectivity index (χ1) is 14.7. The number of benzene rings is 2. The Balaban J connectivity index is 1.79. The Bertz CT molecular complexity index is 1140. The third kappa shape index (κ3) is 5.38. The van der Waals surface area contributed by atoms with Crippen molar-refractivity contribution in [1.29, 1.82) is 0 Å².